The minimum absolute atomic E-state index is 0.679. The fourth-order valence-corrected chi connectivity index (χ4v) is 2.81. The van der Waals surface area contributed by atoms with E-state index >= 15 is 0 Å². The molecule has 0 aliphatic heterocycles. The molecule has 0 atom stereocenters. The van der Waals surface area contributed by atoms with Crippen LogP contribution in [0.25, 0.3) is 32.9 Å². The standard InChI is InChI=1S/C18H13N3O/c22-11-19-13-8-9-17-16(10-13)18(21-20-17)15-7-3-5-12-4-1-2-6-14(12)15/h1-11H,(H,19,22)(H,20,21). The second-order valence-corrected chi connectivity index (χ2v) is 5.12. The number of carbonyl (C=O) groups is 1. The molecule has 4 nitrogen and oxygen atoms in total. The molecule has 1 heterocycles. The molecule has 3 aromatic carbocycles. The molecule has 0 radical (unpaired) electrons. The van der Waals surface area contributed by atoms with Crippen molar-refractivity contribution in [3.8, 4) is 11.3 Å². The van der Waals surface area contributed by atoms with Crippen LogP contribution in [0.5, 0.6) is 0 Å². The summed E-state index contributed by atoms with van der Waals surface area (Å²) in [5, 5.41) is 13.5. The average molecular weight is 287 g/mol. The zero-order valence-electron chi connectivity index (χ0n) is 11.7. The van der Waals surface area contributed by atoms with Gasteiger partial charge in [-0.1, -0.05) is 42.5 Å². The number of carbonyl (C=O) groups excluding carboxylic acids is 1. The van der Waals surface area contributed by atoms with Crippen LogP contribution in [0.1, 0.15) is 0 Å². The van der Waals surface area contributed by atoms with Gasteiger partial charge in [-0.2, -0.15) is 5.10 Å². The normalized spacial score (nSPS) is 10.9. The van der Waals surface area contributed by atoms with Gasteiger partial charge in [-0.25, -0.2) is 0 Å². The van der Waals surface area contributed by atoms with Gasteiger partial charge in [0, 0.05) is 16.6 Å². The van der Waals surface area contributed by atoms with E-state index in [9.17, 15) is 4.79 Å². The predicted octanol–water partition coefficient (Wildman–Crippen LogP) is 3.95. The van der Waals surface area contributed by atoms with Gasteiger partial charge in [-0.3, -0.25) is 9.89 Å². The van der Waals surface area contributed by atoms with Gasteiger partial charge in [-0.05, 0) is 29.0 Å². The van der Waals surface area contributed by atoms with E-state index in [2.05, 4.69) is 39.8 Å². The lowest BCUT2D eigenvalue weighted by molar-refractivity contribution is -0.105. The third-order valence-corrected chi connectivity index (χ3v) is 3.83. The number of amides is 1. The van der Waals surface area contributed by atoms with Gasteiger partial charge in [0.2, 0.25) is 6.41 Å². The van der Waals surface area contributed by atoms with Gasteiger partial charge in [-0.15, -0.1) is 0 Å². The predicted molar refractivity (Wildman–Crippen MR) is 88.7 cm³/mol. The molecule has 22 heavy (non-hydrogen) atoms. The molecule has 1 amide bonds. The van der Waals surface area contributed by atoms with Crippen molar-refractivity contribution in [2.24, 2.45) is 0 Å². The number of hydrogen-bond donors (Lipinski definition) is 2. The highest BCUT2D eigenvalue weighted by Gasteiger charge is 2.11. The summed E-state index contributed by atoms with van der Waals surface area (Å²) in [5.74, 6) is 0. The van der Waals surface area contributed by atoms with Crippen LogP contribution in [0.2, 0.25) is 0 Å². The summed E-state index contributed by atoms with van der Waals surface area (Å²) >= 11 is 0. The van der Waals surface area contributed by atoms with E-state index < -0.39 is 0 Å². The summed E-state index contributed by atoms with van der Waals surface area (Å²) in [6.07, 6.45) is 0.679. The molecular formula is C18H13N3O. The van der Waals surface area contributed by atoms with Gasteiger partial charge in [0.15, 0.2) is 0 Å². The summed E-state index contributed by atoms with van der Waals surface area (Å²) in [4.78, 5) is 10.6. The first-order valence-corrected chi connectivity index (χ1v) is 7.03. The number of hydrogen-bond acceptors (Lipinski definition) is 2. The first kappa shape index (κ1) is 12.6. The zero-order valence-corrected chi connectivity index (χ0v) is 11.7. The third-order valence-electron chi connectivity index (χ3n) is 3.83. The molecular weight excluding hydrogens is 274 g/mol. The Bertz CT molecular complexity index is 983. The van der Waals surface area contributed by atoms with E-state index in [4.69, 9.17) is 0 Å². The molecule has 0 aliphatic rings. The third kappa shape index (κ3) is 1.93. The van der Waals surface area contributed by atoms with Gasteiger partial charge in [0.25, 0.3) is 0 Å². The second kappa shape index (κ2) is 5.00. The highest BCUT2D eigenvalue weighted by Crippen LogP contribution is 2.33. The molecule has 0 spiro atoms. The van der Waals surface area contributed by atoms with Crippen LogP contribution >= 0.6 is 0 Å². The van der Waals surface area contributed by atoms with E-state index in [1.807, 2.05) is 36.4 Å². The Morgan fingerprint density at radius 3 is 2.73 bits per heavy atom. The lowest BCUT2D eigenvalue weighted by atomic mass is 10.00. The minimum atomic E-state index is 0.679. The Balaban J connectivity index is 2.00. The summed E-state index contributed by atoms with van der Waals surface area (Å²) in [7, 11) is 0. The van der Waals surface area contributed by atoms with E-state index in [0.29, 0.717) is 6.41 Å². The largest absolute Gasteiger partial charge is 0.329 e. The fourth-order valence-electron chi connectivity index (χ4n) is 2.81. The van der Waals surface area contributed by atoms with E-state index in [1.54, 1.807) is 0 Å². The highest BCUT2D eigenvalue weighted by atomic mass is 16.1. The van der Waals surface area contributed by atoms with Crippen LogP contribution < -0.4 is 5.32 Å². The molecule has 0 bridgehead atoms. The Morgan fingerprint density at radius 1 is 0.955 bits per heavy atom. The number of fused-ring (bicyclic) bond motifs is 2. The van der Waals surface area contributed by atoms with Crippen LogP contribution in [0.15, 0.2) is 60.7 Å². The SMILES string of the molecule is O=CNc1ccc2[nH]nc(-c3cccc4ccccc34)c2c1. The van der Waals surface area contributed by atoms with Gasteiger partial charge in [0.1, 0.15) is 5.69 Å². The first-order chi connectivity index (χ1) is 10.9. The van der Waals surface area contributed by atoms with E-state index in [1.165, 1.54) is 5.39 Å². The van der Waals surface area contributed by atoms with Gasteiger partial charge >= 0.3 is 0 Å². The number of benzene rings is 3. The molecule has 0 aliphatic carbocycles. The van der Waals surface area contributed by atoms with Crippen LogP contribution in [-0.2, 0) is 4.79 Å². The maximum atomic E-state index is 10.6. The summed E-state index contributed by atoms with van der Waals surface area (Å²) in [6, 6.07) is 20.1. The van der Waals surface area contributed by atoms with Crippen molar-refractivity contribution in [2.45, 2.75) is 0 Å². The molecule has 2 N–H and O–H groups in total. The topological polar surface area (TPSA) is 57.8 Å². The Hall–Kier alpha value is -3.14. The number of aromatic amines is 1. The molecule has 0 fully saturated rings. The average Bonchev–Trinajstić information content (AvgIpc) is 2.98. The van der Waals surface area contributed by atoms with Crippen molar-refractivity contribution in [3.05, 3.63) is 60.7 Å². The van der Waals surface area contributed by atoms with Crippen LogP contribution in [-0.4, -0.2) is 16.6 Å². The fraction of sp³-hybridized carbons (Fsp3) is 0. The summed E-state index contributed by atoms with van der Waals surface area (Å²) in [5.41, 5.74) is 3.67. The molecule has 0 saturated heterocycles. The molecule has 106 valence electrons. The van der Waals surface area contributed by atoms with Crippen molar-refractivity contribution in [2.75, 3.05) is 5.32 Å². The highest BCUT2D eigenvalue weighted by molar-refractivity contribution is 6.04. The Labute approximate surface area is 126 Å². The quantitative estimate of drug-likeness (QED) is 0.560. The molecule has 0 saturated carbocycles. The molecule has 4 heteroatoms. The maximum Gasteiger partial charge on any atom is 0.211 e. The number of aromatic nitrogens is 2. The minimum Gasteiger partial charge on any atom is -0.329 e. The zero-order chi connectivity index (χ0) is 14.9. The Kier molecular flexibility index (Phi) is 2.86. The monoisotopic (exact) mass is 287 g/mol. The lowest BCUT2D eigenvalue weighted by Gasteiger charge is -2.05. The molecule has 1 aromatic heterocycles. The smallest absolute Gasteiger partial charge is 0.211 e. The van der Waals surface area contributed by atoms with Crippen molar-refractivity contribution in [1.29, 1.82) is 0 Å². The number of nitrogens with one attached hydrogen (secondary N) is 2. The molecule has 0 unspecified atom stereocenters. The number of nitrogens with zero attached hydrogens (tertiary/aromatic N) is 1. The van der Waals surface area contributed by atoms with Crippen molar-refractivity contribution in [3.63, 3.8) is 0 Å². The van der Waals surface area contributed by atoms with E-state index in [-0.39, 0.29) is 0 Å². The van der Waals surface area contributed by atoms with Gasteiger partial charge < -0.3 is 5.32 Å². The second-order valence-electron chi connectivity index (χ2n) is 5.12. The molecule has 4 rings (SSSR count). The van der Waals surface area contributed by atoms with Crippen LogP contribution in [0.3, 0.4) is 0 Å². The number of H-pyrrole nitrogens is 1. The number of anilines is 1. The maximum absolute atomic E-state index is 10.6. The first-order valence-electron chi connectivity index (χ1n) is 7.03. The summed E-state index contributed by atoms with van der Waals surface area (Å²) < 4.78 is 0. The summed E-state index contributed by atoms with van der Waals surface area (Å²) in [6.45, 7) is 0. The lowest BCUT2D eigenvalue weighted by Crippen LogP contribution is -1.92. The van der Waals surface area contributed by atoms with Crippen molar-refractivity contribution in [1.82, 2.24) is 10.2 Å². The van der Waals surface area contributed by atoms with E-state index in [0.717, 1.165) is 33.2 Å². The Morgan fingerprint density at radius 2 is 1.82 bits per heavy atom. The van der Waals surface area contributed by atoms with Crippen molar-refractivity contribution >= 4 is 33.8 Å². The van der Waals surface area contributed by atoms with Crippen molar-refractivity contribution < 1.29 is 4.79 Å². The number of rotatable bonds is 3. The molecule has 4 aromatic rings. The van der Waals surface area contributed by atoms with Crippen LogP contribution in [0.4, 0.5) is 5.69 Å². The van der Waals surface area contributed by atoms with Crippen LogP contribution in [0, 0.1) is 0 Å². The van der Waals surface area contributed by atoms with Gasteiger partial charge in [0.05, 0.1) is 5.52 Å².